The van der Waals surface area contributed by atoms with Crippen LogP contribution in [0.15, 0.2) is 126 Å². The number of ether oxygens (including phenoxy) is 1. The summed E-state index contributed by atoms with van der Waals surface area (Å²) in [6.07, 6.45) is 3.83. The third kappa shape index (κ3) is 3.31. The van der Waals surface area contributed by atoms with Crippen LogP contribution < -0.4 is 4.74 Å². The van der Waals surface area contributed by atoms with Crippen LogP contribution in [0.25, 0.3) is 65.6 Å². The van der Waals surface area contributed by atoms with E-state index in [1.54, 1.807) is 0 Å². The molecule has 38 heavy (non-hydrogen) atoms. The molecule has 0 radical (unpaired) electrons. The molecule has 0 atom stereocenters. The maximum absolute atomic E-state index is 6.34. The molecule has 0 saturated carbocycles. The minimum Gasteiger partial charge on any atom is -0.457 e. The third-order valence-electron chi connectivity index (χ3n) is 7.16. The van der Waals surface area contributed by atoms with Crippen molar-refractivity contribution in [2.45, 2.75) is 0 Å². The third-order valence-corrected chi connectivity index (χ3v) is 7.16. The quantitative estimate of drug-likeness (QED) is 0.233. The van der Waals surface area contributed by atoms with E-state index in [9.17, 15) is 0 Å². The number of para-hydroxylation sites is 1. The van der Waals surface area contributed by atoms with Gasteiger partial charge in [0.15, 0.2) is 0 Å². The summed E-state index contributed by atoms with van der Waals surface area (Å²) in [5, 5.41) is 7.51. The second kappa shape index (κ2) is 8.15. The predicted octanol–water partition coefficient (Wildman–Crippen LogP) is 9.29. The van der Waals surface area contributed by atoms with Gasteiger partial charge in [0.2, 0.25) is 0 Å². The van der Waals surface area contributed by atoms with Crippen LogP contribution >= 0.6 is 0 Å². The second-order valence-corrected chi connectivity index (χ2v) is 9.49. The summed E-state index contributed by atoms with van der Waals surface area (Å²) in [4.78, 5) is 9.53. The summed E-state index contributed by atoms with van der Waals surface area (Å²) in [6, 6.07) is 36.8. The van der Waals surface area contributed by atoms with Crippen molar-refractivity contribution in [1.29, 1.82) is 0 Å². The Bertz CT molecular complexity index is 2180. The van der Waals surface area contributed by atoms with Crippen LogP contribution in [0.1, 0.15) is 0 Å². The number of pyridine rings is 2. The van der Waals surface area contributed by atoms with Gasteiger partial charge in [-0.3, -0.25) is 9.97 Å². The molecule has 0 saturated heterocycles. The van der Waals surface area contributed by atoms with E-state index in [4.69, 9.17) is 14.1 Å². The maximum Gasteiger partial charge on any atom is 0.146 e. The molecule has 5 aromatic carbocycles. The summed E-state index contributed by atoms with van der Waals surface area (Å²) in [5.74, 6) is 1.50. The molecule has 4 nitrogen and oxygen atoms in total. The molecule has 8 aromatic rings. The number of furan rings is 1. The average Bonchev–Trinajstić information content (AvgIpc) is 3.36. The molecule has 3 heterocycles. The number of aromatic nitrogens is 2. The van der Waals surface area contributed by atoms with E-state index in [-0.39, 0.29) is 0 Å². The van der Waals surface area contributed by atoms with Gasteiger partial charge in [0, 0.05) is 44.9 Å². The van der Waals surface area contributed by atoms with Crippen molar-refractivity contribution < 1.29 is 9.15 Å². The van der Waals surface area contributed by atoms with E-state index in [0.29, 0.717) is 0 Å². The smallest absolute Gasteiger partial charge is 0.146 e. The fraction of sp³-hybridized carbons (Fsp3) is 0. The van der Waals surface area contributed by atoms with Gasteiger partial charge in [-0.2, -0.15) is 0 Å². The Hall–Kier alpha value is -5.22. The predicted molar refractivity (Wildman–Crippen MR) is 154 cm³/mol. The first-order valence-corrected chi connectivity index (χ1v) is 12.6. The SMILES string of the molecule is c1cc(Oc2ccc3ccc4c(ncc5c6ccccc6oc54)c3c2)cc(-c2cc3ccccc3cn2)c1. The molecule has 0 fully saturated rings. The fourth-order valence-corrected chi connectivity index (χ4v) is 5.29. The minimum atomic E-state index is 0.750. The first kappa shape index (κ1) is 20.9. The lowest BCUT2D eigenvalue weighted by molar-refractivity contribution is 0.483. The highest BCUT2D eigenvalue weighted by Gasteiger charge is 2.13. The summed E-state index contributed by atoms with van der Waals surface area (Å²) in [7, 11) is 0. The van der Waals surface area contributed by atoms with Crippen molar-refractivity contribution in [2.75, 3.05) is 0 Å². The van der Waals surface area contributed by atoms with Crippen LogP contribution in [0.3, 0.4) is 0 Å². The van der Waals surface area contributed by atoms with Crippen molar-refractivity contribution in [2.24, 2.45) is 0 Å². The molecule has 3 aromatic heterocycles. The first-order chi connectivity index (χ1) is 18.8. The Morgan fingerprint density at radius 3 is 2.34 bits per heavy atom. The zero-order chi connectivity index (χ0) is 25.1. The zero-order valence-corrected chi connectivity index (χ0v) is 20.3. The van der Waals surface area contributed by atoms with Crippen molar-refractivity contribution >= 4 is 54.4 Å². The molecule has 0 spiro atoms. The van der Waals surface area contributed by atoms with Crippen LogP contribution in [-0.4, -0.2) is 9.97 Å². The lowest BCUT2D eigenvalue weighted by atomic mass is 10.0. The second-order valence-electron chi connectivity index (χ2n) is 9.49. The topological polar surface area (TPSA) is 48.2 Å². The van der Waals surface area contributed by atoms with Crippen molar-refractivity contribution in [3.05, 3.63) is 122 Å². The highest BCUT2D eigenvalue weighted by atomic mass is 16.5. The molecule has 4 heteroatoms. The Labute approximate surface area is 217 Å². The standard InChI is InChI=1S/C34H20N2O2/c1-2-7-24-19-35-31(17-22(24)6-1)23-8-5-9-25(16-23)37-26-14-12-21-13-15-28-33(29(21)18-26)36-20-30-27-10-3-4-11-32(27)38-34(28)30/h1-20H. The normalized spacial score (nSPS) is 11.7. The lowest BCUT2D eigenvalue weighted by Gasteiger charge is -2.10. The van der Waals surface area contributed by atoms with Crippen LogP contribution in [0.2, 0.25) is 0 Å². The Kier molecular flexibility index (Phi) is 4.49. The van der Waals surface area contributed by atoms with Gasteiger partial charge >= 0.3 is 0 Å². The average molecular weight is 489 g/mol. The lowest BCUT2D eigenvalue weighted by Crippen LogP contribution is -1.88. The van der Waals surface area contributed by atoms with E-state index in [1.807, 2.05) is 67.0 Å². The molecule has 0 amide bonds. The number of hydrogen-bond donors (Lipinski definition) is 0. The minimum absolute atomic E-state index is 0.750. The van der Waals surface area contributed by atoms with Gasteiger partial charge in [0.25, 0.3) is 0 Å². The van der Waals surface area contributed by atoms with Crippen molar-refractivity contribution in [3.8, 4) is 22.8 Å². The molecular weight excluding hydrogens is 468 g/mol. The largest absolute Gasteiger partial charge is 0.457 e. The van der Waals surface area contributed by atoms with Crippen LogP contribution in [0.4, 0.5) is 0 Å². The highest BCUT2D eigenvalue weighted by molar-refractivity contribution is 6.18. The highest BCUT2D eigenvalue weighted by Crippen LogP contribution is 2.37. The van der Waals surface area contributed by atoms with Gasteiger partial charge in [0.05, 0.1) is 11.2 Å². The van der Waals surface area contributed by atoms with Gasteiger partial charge in [-0.15, -0.1) is 0 Å². The van der Waals surface area contributed by atoms with Crippen molar-refractivity contribution in [1.82, 2.24) is 9.97 Å². The molecule has 0 aliphatic rings. The molecule has 8 rings (SSSR count). The van der Waals surface area contributed by atoms with E-state index in [1.165, 1.54) is 0 Å². The summed E-state index contributed by atoms with van der Waals surface area (Å²) in [5.41, 5.74) is 4.55. The van der Waals surface area contributed by atoms with Crippen LogP contribution in [0.5, 0.6) is 11.5 Å². The number of benzene rings is 5. The first-order valence-electron chi connectivity index (χ1n) is 12.6. The van der Waals surface area contributed by atoms with Gasteiger partial charge in [-0.25, -0.2) is 0 Å². The summed E-state index contributed by atoms with van der Waals surface area (Å²) in [6.45, 7) is 0. The van der Waals surface area contributed by atoms with Gasteiger partial charge in [0.1, 0.15) is 22.7 Å². The van der Waals surface area contributed by atoms with Gasteiger partial charge in [-0.1, -0.05) is 66.7 Å². The van der Waals surface area contributed by atoms with E-state index in [0.717, 1.165) is 77.1 Å². The molecule has 0 bridgehead atoms. The Balaban J connectivity index is 1.20. The van der Waals surface area contributed by atoms with Gasteiger partial charge in [-0.05, 0) is 53.2 Å². The fourth-order valence-electron chi connectivity index (χ4n) is 5.29. The molecule has 0 unspecified atom stereocenters. The number of fused-ring (bicyclic) bond motifs is 8. The molecule has 178 valence electrons. The number of rotatable bonds is 3. The molecule has 0 aliphatic carbocycles. The molecular formula is C34H20N2O2. The van der Waals surface area contributed by atoms with E-state index < -0.39 is 0 Å². The summed E-state index contributed by atoms with van der Waals surface area (Å²) >= 11 is 0. The number of nitrogens with zero attached hydrogens (tertiary/aromatic N) is 2. The Morgan fingerprint density at radius 1 is 0.526 bits per heavy atom. The van der Waals surface area contributed by atoms with E-state index in [2.05, 4.69) is 59.6 Å². The van der Waals surface area contributed by atoms with Crippen molar-refractivity contribution in [3.63, 3.8) is 0 Å². The van der Waals surface area contributed by atoms with Gasteiger partial charge < -0.3 is 9.15 Å². The maximum atomic E-state index is 6.34. The monoisotopic (exact) mass is 488 g/mol. The summed E-state index contributed by atoms with van der Waals surface area (Å²) < 4.78 is 12.6. The van der Waals surface area contributed by atoms with E-state index >= 15 is 0 Å². The Morgan fingerprint density at radius 2 is 1.37 bits per heavy atom. The van der Waals surface area contributed by atoms with Crippen LogP contribution in [-0.2, 0) is 0 Å². The zero-order valence-electron chi connectivity index (χ0n) is 20.3. The van der Waals surface area contributed by atoms with Crippen LogP contribution in [0, 0.1) is 0 Å². The molecule has 0 N–H and O–H groups in total. The molecule has 0 aliphatic heterocycles. The number of hydrogen-bond acceptors (Lipinski definition) is 4.